The molecule has 1 heterocycles. The molecule has 2 rings (SSSR count). The number of hydrogen-bond acceptors (Lipinski definition) is 3. The van der Waals surface area contributed by atoms with Crippen LogP contribution in [0.25, 0.3) is 0 Å². The maximum atomic E-state index is 14.2. The number of rotatable bonds is 11. The van der Waals surface area contributed by atoms with E-state index >= 15 is 0 Å². The molecule has 1 aromatic rings. The molecular formula is C33H42ClF2N3O2. The molecule has 2 amide bonds. The van der Waals surface area contributed by atoms with Crippen LogP contribution in [0.4, 0.5) is 14.6 Å². The Hall–Kier alpha value is -3.32. The number of hydrogen-bond donors (Lipinski definition) is 1. The van der Waals surface area contributed by atoms with Crippen molar-refractivity contribution in [3.8, 4) is 0 Å². The van der Waals surface area contributed by atoms with Crippen LogP contribution in [0.3, 0.4) is 0 Å². The maximum Gasteiger partial charge on any atom is 0.228 e. The molecular weight excluding hydrogens is 544 g/mol. The molecule has 0 saturated carbocycles. The van der Waals surface area contributed by atoms with Crippen molar-refractivity contribution in [2.75, 3.05) is 18.5 Å². The summed E-state index contributed by atoms with van der Waals surface area (Å²) in [4.78, 5) is 30.5. The molecule has 1 aromatic heterocycles. The minimum Gasteiger partial charge on any atom is -0.332 e. The van der Waals surface area contributed by atoms with Gasteiger partial charge in [0, 0.05) is 34.2 Å². The average Bonchev–Trinajstić information content (AvgIpc) is 2.99. The largest absolute Gasteiger partial charge is 0.332 e. The van der Waals surface area contributed by atoms with Crippen LogP contribution < -0.4 is 5.32 Å². The maximum absolute atomic E-state index is 14.2. The lowest BCUT2D eigenvalue weighted by Gasteiger charge is -2.34. The highest BCUT2D eigenvalue weighted by Crippen LogP contribution is 2.37. The number of carbonyl (C=O) groups is 2. The summed E-state index contributed by atoms with van der Waals surface area (Å²) in [5.41, 5.74) is 1.07. The van der Waals surface area contributed by atoms with Crippen molar-refractivity contribution in [3.05, 3.63) is 94.5 Å². The Morgan fingerprint density at radius 3 is 2.56 bits per heavy atom. The summed E-state index contributed by atoms with van der Waals surface area (Å²) in [6, 6.07) is 3.26. The third-order valence-corrected chi connectivity index (χ3v) is 7.40. The van der Waals surface area contributed by atoms with E-state index in [1.165, 1.54) is 12.2 Å². The summed E-state index contributed by atoms with van der Waals surface area (Å²) in [6.07, 6.45) is 17.9. The highest BCUT2D eigenvalue weighted by molar-refractivity contribution is 6.32. The van der Waals surface area contributed by atoms with Gasteiger partial charge in [-0.25, -0.2) is 13.8 Å². The Labute approximate surface area is 248 Å². The Bertz CT molecular complexity index is 1260. The first-order chi connectivity index (χ1) is 19.4. The van der Waals surface area contributed by atoms with Gasteiger partial charge in [-0.05, 0) is 61.6 Å². The summed E-state index contributed by atoms with van der Waals surface area (Å²) in [5.74, 6) is 0.0153. The Balaban J connectivity index is 2.36. The molecule has 1 aliphatic carbocycles. The van der Waals surface area contributed by atoms with E-state index in [-0.39, 0.29) is 30.1 Å². The Morgan fingerprint density at radius 2 is 1.95 bits per heavy atom. The molecule has 8 heteroatoms. The fourth-order valence-electron chi connectivity index (χ4n) is 4.59. The lowest BCUT2D eigenvalue weighted by molar-refractivity contribution is -0.140. The molecule has 222 valence electrons. The van der Waals surface area contributed by atoms with E-state index in [0.29, 0.717) is 35.7 Å². The minimum atomic E-state index is -0.759. The van der Waals surface area contributed by atoms with E-state index in [0.717, 1.165) is 11.1 Å². The lowest BCUT2D eigenvalue weighted by Crippen LogP contribution is -2.45. The minimum absolute atomic E-state index is 0.137. The van der Waals surface area contributed by atoms with E-state index in [2.05, 4.69) is 17.2 Å². The van der Waals surface area contributed by atoms with Crippen LogP contribution in [0.15, 0.2) is 88.9 Å². The zero-order valence-electron chi connectivity index (χ0n) is 24.9. The predicted octanol–water partition coefficient (Wildman–Crippen LogP) is 8.29. The molecule has 0 aromatic carbocycles. The van der Waals surface area contributed by atoms with E-state index in [1.807, 2.05) is 69.4 Å². The number of alkyl halides is 1. The summed E-state index contributed by atoms with van der Waals surface area (Å²) < 4.78 is 27.5. The summed E-state index contributed by atoms with van der Waals surface area (Å²) in [7, 11) is 0. The first kappa shape index (κ1) is 33.9. The van der Waals surface area contributed by atoms with Crippen LogP contribution in [-0.2, 0) is 15.0 Å². The smallest absolute Gasteiger partial charge is 0.228 e. The van der Waals surface area contributed by atoms with Crippen molar-refractivity contribution in [1.29, 1.82) is 0 Å². The lowest BCUT2D eigenvalue weighted by atomic mass is 9.76. The fraction of sp³-hybridized carbons (Fsp3) is 0.424. The van der Waals surface area contributed by atoms with Gasteiger partial charge < -0.3 is 10.2 Å². The van der Waals surface area contributed by atoms with E-state index in [9.17, 15) is 18.4 Å². The molecule has 0 aliphatic heterocycles. The van der Waals surface area contributed by atoms with Crippen LogP contribution in [0.1, 0.15) is 66.4 Å². The topological polar surface area (TPSA) is 62.3 Å². The Morgan fingerprint density at radius 1 is 1.27 bits per heavy atom. The van der Waals surface area contributed by atoms with Gasteiger partial charge in [-0.2, -0.15) is 0 Å². The predicted molar refractivity (Wildman–Crippen MR) is 165 cm³/mol. The summed E-state index contributed by atoms with van der Waals surface area (Å²) in [6.45, 7) is 10.5. The molecule has 0 fully saturated rings. The fourth-order valence-corrected chi connectivity index (χ4v) is 4.80. The molecule has 0 saturated heterocycles. The van der Waals surface area contributed by atoms with Gasteiger partial charge in [-0.1, -0.05) is 82.7 Å². The molecule has 41 heavy (non-hydrogen) atoms. The van der Waals surface area contributed by atoms with Gasteiger partial charge in [0.05, 0.1) is 11.9 Å². The quantitative estimate of drug-likeness (QED) is 0.210. The second-order valence-corrected chi connectivity index (χ2v) is 11.7. The second-order valence-electron chi connectivity index (χ2n) is 11.3. The summed E-state index contributed by atoms with van der Waals surface area (Å²) in [5, 5.41) is 3.23. The number of pyridine rings is 1. The van der Waals surface area contributed by atoms with E-state index in [1.54, 1.807) is 24.9 Å². The standard InChI is InChI=1S/C33H42ClF2N3O2/c1-7-27(36)22-26(16-19-35)24(2)39(31(41)32(3,4)5)21-11-13-25-12-8-17-33(6,18-9-15-29(25)34)28-14-10-20-37-30(28)38-23-40/h8-16,20,22-24H,7,17-19,21H2,1-6H3,(H,37,38,40)/b12-8+,13-11+,15-9+,26-16+,27-22+,29-25-/t24-,33?/m1/s1. The van der Waals surface area contributed by atoms with Gasteiger partial charge in [0.1, 0.15) is 12.5 Å². The molecule has 0 radical (unpaired) electrons. The monoisotopic (exact) mass is 585 g/mol. The number of nitrogens with zero attached hydrogens (tertiary/aromatic N) is 2. The van der Waals surface area contributed by atoms with E-state index in [4.69, 9.17) is 11.6 Å². The number of nitrogens with one attached hydrogen (secondary N) is 1. The van der Waals surface area contributed by atoms with Crippen molar-refractivity contribution < 1.29 is 18.4 Å². The van der Waals surface area contributed by atoms with Gasteiger partial charge in [0.2, 0.25) is 12.3 Å². The highest BCUT2D eigenvalue weighted by atomic mass is 35.5. The normalized spacial score (nSPS) is 22.9. The number of carbonyl (C=O) groups excluding carboxylic acids is 2. The molecule has 0 spiro atoms. The van der Waals surface area contributed by atoms with Crippen LogP contribution in [-0.4, -0.2) is 41.5 Å². The Kier molecular flexibility index (Phi) is 12.9. The molecule has 2 atom stereocenters. The van der Waals surface area contributed by atoms with Crippen LogP contribution >= 0.6 is 11.6 Å². The van der Waals surface area contributed by atoms with Gasteiger partial charge in [-0.15, -0.1) is 0 Å². The average molecular weight is 586 g/mol. The van der Waals surface area contributed by atoms with Gasteiger partial charge in [-0.3, -0.25) is 9.59 Å². The number of aromatic nitrogens is 1. The molecule has 1 unspecified atom stereocenters. The number of allylic oxidation sites excluding steroid dienone is 9. The first-order valence-corrected chi connectivity index (χ1v) is 14.2. The third-order valence-electron chi connectivity index (χ3n) is 7.05. The SMILES string of the molecule is CC/C(F)=C\C(=C/CF)[C@@H](C)N(C/C=C/C1=C(Cl)/C=C/CC(C)(c2cccnc2NC=O)C\C=C\1)C(=O)C(C)(C)C. The van der Waals surface area contributed by atoms with Crippen LogP contribution in [0.5, 0.6) is 0 Å². The van der Waals surface area contributed by atoms with Crippen molar-refractivity contribution in [1.82, 2.24) is 9.88 Å². The second kappa shape index (κ2) is 15.6. The number of anilines is 1. The van der Waals surface area contributed by atoms with Crippen LogP contribution in [0.2, 0.25) is 0 Å². The highest BCUT2D eigenvalue weighted by Gasteiger charge is 2.31. The van der Waals surface area contributed by atoms with Crippen LogP contribution in [0, 0.1) is 5.41 Å². The zero-order chi connectivity index (χ0) is 30.6. The first-order valence-electron chi connectivity index (χ1n) is 13.9. The van der Waals surface area contributed by atoms with Crippen molar-refractivity contribution in [2.24, 2.45) is 5.41 Å². The summed E-state index contributed by atoms with van der Waals surface area (Å²) >= 11 is 6.67. The zero-order valence-corrected chi connectivity index (χ0v) is 25.6. The number of halogens is 3. The van der Waals surface area contributed by atoms with Gasteiger partial charge in [0.25, 0.3) is 0 Å². The molecule has 0 bridgehead atoms. The third kappa shape index (κ3) is 9.63. The van der Waals surface area contributed by atoms with Crippen molar-refractivity contribution >= 4 is 29.7 Å². The molecule has 5 nitrogen and oxygen atoms in total. The van der Waals surface area contributed by atoms with Crippen molar-refractivity contribution in [3.63, 3.8) is 0 Å². The van der Waals surface area contributed by atoms with Gasteiger partial charge in [0.15, 0.2) is 0 Å². The number of amides is 2. The molecule has 1 aliphatic rings. The van der Waals surface area contributed by atoms with E-state index < -0.39 is 18.1 Å². The van der Waals surface area contributed by atoms with Crippen molar-refractivity contribution in [2.45, 2.75) is 72.3 Å². The van der Waals surface area contributed by atoms with Gasteiger partial charge >= 0.3 is 0 Å². The molecule has 1 N–H and O–H groups in total.